The van der Waals surface area contributed by atoms with E-state index in [2.05, 4.69) is 5.32 Å². The lowest BCUT2D eigenvalue weighted by molar-refractivity contribution is -0.384. The number of hydrogen-bond donors (Lipinski definition) is 1. The first-order valence-electron chi connectivity index (χ1n) is 6.00. The monoisotopic (exact) mass is 298 g/mol. The van der Waals surface area contributed by atoms with Crippen LogP contribution in [0.2, 0.25) is 0 Å². The van der Waals surface area contributed by atoms with Gasteiger partial charge in [0.15, 0.2) is 15.6 Å². The molecule has 8 heteroatoms. The maximum atomic E-state index is 11.3. The summed E-state index contributed by atoms with van der Waals surface area (Å²) in [5.74, 6) is 0.0514. The summed E-state index contributed by atoms with van der Waals surface area (Å²) in [6, 6.07) is 4.18. The number of sulfone groups is 1. The molecular formula is C12H14N2O5S. The summed E-state index contributed by atoms with van der Waals surface area (Å²) in [7, 11) is -3.21. The zero-order valence-corrected chi connectivity index (χ0v) is 11.6. The number of nitro benzene ring substituents is 1. The predicted octanol–water partition coefficient (Wildman–Crippen LogP) is 1.72. The molecule has 1 unspecified atom stereocenters. The largest absolute Gasteiger partial charge is 0.487 e. The first kappa shape index (κ1) is 14.3. The summed E-state index contributed by atoms with van der Waals surface area (Å²) in [5.41, 5.74) is 0.0553. The van der Waals surface area contributed by atoms with E-state index in [1.165, 1.54) is 18.2 Å². The highest BCUT2D eigenvalue weighted by Gasteiger charge is 2.26. The Morgan fingerprint density at radius 3 is 2.80 bits per heavy atom. The molecule has 1 heterocycles. The van der Waals surface area contributed by atoms with Crippen molar-refractivity contribution in [1.82, 2.24) is 0 Å². The van der Waals surface area contributed by atoms with Gasteiger partial charge in [-0.2, -0.15) is 0 Å². The number of rotatable bonds is 5. The average Bonchev–Trinajstić information content (AvgIpc) is 2.69. The Bertz CT molecular complexity index is 654. The van der Waals surface area contributed by atoms with Gasteiger partial charge in [0, 0.05) is 5.41 Å². The van der Waals surface area contributed by atoms with Crippen LogP contribution in [-0.2, 0) is 9.84 Å². The van der Waals surface area contributed by atoms with Gasteiger partial charge >= 0.3 is 5.69 Å². The zero-order chi connectivity index (χ0) is 14.8. The maximum absolute atomic E-state index is 11.3. The van der Waals surface area contributed by atoms with E-state index < -0.39 is 20.8 Å². The van der Waals surface area contributed by atoms with Crippen molar-refractivity contribution in [3.8, 4) is 5.75 Å². The minimum Gasteiger partial charge on any atom is -0.487 e. The molecule has 0 aliphatic carbocycles. The second-order valence-corrected chi connectivity index (χ2v) is 6.18. The molecule has 20 heavy (non-hydrogen) atoms. The number of nitrogens with one attached hydrogen (secondary N) is 1. The Labute approximate surface area is 116 Å². The Morgan fingerprint density at radius 1 is 1.50 bits per heavy atom. The van der Waals surface area contributed by atoms with E-state index in [-0.39, 0.29) is 22.9 Å². The molecule has 1 aliphatic rings. The predicted molar refractivity (Wildman–Crippen MR) is 74.6 cm³/mol. The highest BCUT2D eigenvalue weighted by molar-refractivity contribution is 7.94. The second kappa shape index (κ2) is 5.49. The highest BCUT2D eigenvalue weighted by Crippen LogP contribution is 2.35. The van der Waals surface area contributed by atoms with Gasteiger partial charge in [0.25, 0.3) is 0 Å². The minimum absolute atomic E-state index is 0.108. The van der Waals surface area contributed by atoms with Crippen LogP contribution in [0.3, 0.4) is 0 Å². The lowest BCUT2D eigenvalue weighted by Crippen LogP contribution is -2.21. The van der Waals surface area contributed by atoms with Crippen LogP contribution in [-0.4, -0.2) is 31.7 Å². The molecule has 7 nitrogen and oxygen atoms in total. The van der Waals surface area contributed by atoms with Gasteiger partial charge in [-0.1, -0.05) is 12.1 Å². The molecule has 0 aromatic heterocycles. The van der Waals surface area contributed by atoms with Gasteiger partial charge in [-0.05, 0) is 19.1 Å². The molecule has 1 atom stereocenters. The molecule has 0 amide bonds. The summed E-state index contributed by atoms with van der Waals surface area (Å²) in [6.07, 6.45) is 1.48. The van der Waals surface area contributed by atoms with Crippen LogP contribution >= 0.6 is 0 Å². The molecule has 0 fully saturated rings. The van der Waals surface area contributed by atoms with Gasteiger partial charge < -0.3 is 10.1 Å². The molecule has 1 aromatic rings. The van der Waals surface area contributed by atoms with E-state index in [0.717, 1.165) is 5.41 Å². The molecule has 1 aliphatic heterocycles. The normalized spacial score (nSPS) is 19.8. The fraction of sp³-hybridized carbons (Fsp3) is 0.333. The molecule has 1 N–H and O–H groups in total. The first-order chi connectivity index (χ1) is 9.43. The zero-order valence-electron chi connectivity index (χ0n) is 10.8. The maximum Gasteiger partial charge on any atom is 0.333 e. The van der Waals surface area contributed by atoms with E-state index >= 15 is 0 Å². The van der Waals surface area contributed by atoms with Gasteiger partial charge in [-0.3, -0.25) is 10.1 Å². The number of hydrogen-bond acceptors (Lipinski definition) is 6. The summed E-state index contributed by atoms with van der Waals surface area (Å²) in [5, 5.41) is 15.1. The molecule has 2 rings (SSSR count). The number of nitrogens with zero attached hydrogens (tertiary/aromatic N) is 1. The molecule has 0 bridgehead atoms. The van der Waals surface area contributed by atoms with E-state index in [9.17, 15) is 18.5 Å². The highest BCUT2D eigenvalue weighted by atomic mass is 32.2. The molecule has 0 saturated heterocycles. The van der Waals surface area contributed by atoms with Crippen molar-refractivity contribution in [2.75, 3.05) is 17.7 Å². The Hall–Kier alpha value is -2.09. The third-order valence-corrected chi connectivity index (χ3v) is 4.15. The van der Waals surface area contributed by atoms with Gasteiger partial charge in [0.2, 0.25) is 0 Å². The fourth-order valence-corrected chi connectivity index (χ4v) is 3.20. The quantitative estimate of drug-likeness (QED) is 0.656. The van der Waals surface area contributed by atoms with E-state index in [1.807, 2.05) is 0 Å². The Kier molecular flexibility index (Phi) is 3.93. The van der Waals surface area contributed by atoms with Gasteiger partial charge in [-0.25, -0.2) is 8.42 Å². The standard InChI is InChI=1S/C12H14N2O5S/c1-2-19-11-5-3-4-10(12(11)14(15)16)13-9-6-7-20(17,18)8-9/h3-7,9,13H,2,8H2,1H3. The van der Waals surface area contributed by atoms with Gasteiger partial charge in [0.05, 0.1) is 23.3 Å². The van der Waals surface area contributed by atoms with Crippen molar-refractivity contribution < 1.29 is 18.1 Å². The number of anilines is 1. The SMILES string of the molecule is CCOc1cccc(NC2C=CS(=O)(=O)C2)c1[N+](=O)[O-]. The smallest absolute Gasteiger partial charge is 0.333 e. The van der Waals surface area contributed by atoms with Crippen molar-refractivity contribution in [3.05, 3.63) is 39.8 Å². The van der Waals surface area contributed by atoms with E-state index in [4.69, 9.17) is 4.74 Å². The van der Waals surface area contributed by atoms with Crippen LogP contribution in [0.25, 0.3) is 0 Å². The van der Waals surface area contributed by atoms with Gasteiger partial charge in [-0.15, -0.1) is 0 Å². The van der Waals surface area contributed by atoms with Gasteiger partial charge in [0.1, 0.15) is 5.69 Å². The number of ether oxygens (including phenoxy) is 1. The van der Waals surface area contributed by atoms with Crippen LogP contribution in [0.15, 0.2) is 29.7 Å². The molecular weight excluding hydrogens is 284 g/mol. The first-order valence-corrected chi connectivity index (χ1v) is 7.72. The third kappa shape index (κ3) is 3.08. The second-order valence-electron chi connectivity index (χ2n) is 4.25. The van der Waals surface area contributed by atoms with E-state index in [0.29, 0.717) is 6.61 Å². The summed E-state index contributed by atoms with van der Waals surface area (Å²) in [6.45, 7) is 2.04. The molecule has 0 saturated carbocycles. The Balaban J connectivity index is 2.30. The van der Waals surface area contributed by atoms with Crippen molar-refractivity contribution >= 4 is 21.2 Å². The third-order valence-electron chi connectivity index (χ3n) is 2.75. The Morgan fingerprint density at radius 2 is 2.25 bits per heavy atom. The van der Waals surface area contributed by atoms with Crippen LogP contribution in [0.5, 0.6) is 5.75 Å². The minimum atomic E-state index is -3.21. The van der Waals surface area contributed by atoms with Crippen molar-refractivity contribution in [3.63, 3.8) is 0 Å². The van der Waals surface area contributed by atoms with Crippen LogP contribution < -0.4 is 10.1 Å². The summed E-state index contributed by atoms with van der Waals surface area (Å²) >= 11 is 0. The number of nitro groups is 1. The summed E-state index contributed by atoms with van der Waals surface area (Å²) in [4.78, 5) is 10.6. The summed E-state index contributed by atoms with van der Waals surface area (Å²) < 4.78 is 27.9. The average molecular weight is 298 g/mol. The number of para-hydroxylation sites is 1. The van der Waals surface area contributed by atoms with Crippen LogP contribution in [0.1, 0.15) is 6.92 Å². The van der Waals surface area contributed by atoms with Crippen molar-refractivity contribution in [1.29, 1.82) is 0 Å². The van der Waals surface area contributed by atoms with Crippen LogP contribution in [0, 0.1) is 10.1 Å². The van der Waals surface area contributed by atoms with E-state index in [1.54, 1.807) is 13.0 Å². The fourth-order valence-electron chi connectivity index (χ4n) is 1.96. The lowest BCUT2D eigenvalue weighted by atomic mass is 10.2. The topological polar surface area (TPSA) is 98.5 Å². The number of benzene rings is 1. The lowest BCUT2D eigenvalue weighted by Gasteiger charge is -2.13. The van der Waals surface area contributed by atoms with Crippen molar-refractivity contribution in [2.24, 2.45) is 0 Å². The van der Waals surface area contributed by atoms with Crippen LogP contribution in [0.4, 0.5) is 11.4 Å². The molecule has 0 spiro atoms. The molecule has 0 radical (unpaired) electrons. The molecule has 1 aromatic carbocycles. The van der Waals surface area contributed by atoms with Crippen molar-refractivity contribution in [2.45, 2.75) is 13.0 Å². The molecule has 108 valence electrons.